The van der Waals surface area contributed by atoms with Crippen LogP contribution in [-0.2, 0) is 15.1 Å². The molecule has 2 aliphatic rings. The third kappa shape index (κ3) is 1.30. The van der Waals surface area contributed by atoms with Gasteiger partial charge in [0, 0.05) is 15.9 Å². The van der Waals surface area contributed by atoms with Gasteiger partial charge in [0.1, 0.15) is 0 Å². The van der Waals surface area contributed by atoms with E-state index in [-0.39, 0.29) is 16.1 Å². The lowest BCUT2D eigenvalue weighted by Crippen LogP contribution is -2.71. The van der Waals surface area contributed by atoms with Crippen molar-refractivity contribution in [3.8, 4) is 0 Å². The zero-order valence-corrected chi connectivity index (χ0v) is 13.2. The van der Waals surface area contributed by atoms with Gasteiger partial charge in [-0.05, 0) is 56.7 Å². The molecule has 0 aliphatic carbocycles. The van der Waals surface area contributed by atoms with E-state index in [1.165, 1.54) is 17.3 Å². The Balaban J connectivity index is 2.26. The summed E-state index contributed by atoms with van der Waals surface area (Å²) in [7, 11) is 0. The number of rotatable bonds is 0. The molecule has 3 heteroatoms. The van der Waals surface area contributed by atoms with Gasteiger partial charge in [0.2, 0.25) is 5.12 Å². The minimum Gasteiger partial charge on any atom is -0.354 e. The lowest BCUT2D eigenvalue weighted by molar-refractivity contribution is -0.341. The maximum atomic E-state index is 12.6. The molecule has 3 rings (SSSR count). The molecule has 0 radical (unpaired) electrons. The lowest BCUT2D eigenvalue weighted by atomic mass is 9.56. The Labute approximate surface area is 118 Å². The molecule has 1 aromatic carbocycles. The van der Waals surface area contributed by atoms with Crippen LogP contribution in [0.3, 0.4) is 0 Å². The van der Waals surface area contributed by atoms with Crippen LogP contribution in [-0.4, -0.2) is 10.7 Å². The standard InChI is InChI=1S/C16H20O2S/c1-9-7-10(2)12-11(8-9)19-13(17)16(12)14(3,4)15(5,6)18-16/h7-8H,1-6H3. The summed E-state index contributed by atoms with van der Waals surface area (Å²) in [5.74, 6) is 0. The Kier molecular flexibility index (Phi) is 2.39. The summed E-state index contributed by atoms with van der Waals surface area (Å²) in [5.41, 5.74) is 2.23. The highest BCUT2D eigenvalue weighted by atomic mass is 32.2. The van der Waals surface area contributed by atoms with Crippen LogP contribution < -0.4 is 0 Å². The normalized spacial score (nSPS) is 30.3. The van der Waals surface area contributed by atoms with Crippen LogP contribution in [0.4, 0.5) is 0 Å². The quantitative estimate of drug-likeness (QED) is 0.717. The Morgan fingerprint density at radius 1 is 1.11 bits per heavy atom. The average Bonchev–Trinajstić information content (AvgIpc) is 2.52. The SMILES string of the molecule is Cc1cc(C)c2c(c1)SC(=O)C21OC(C)(C)C1(C)C. The fourth-order valence-electron chi connectivity index (χ4n) is 3.41. The summed E-state index contributed by atoms with van der Waals surface area (Å²) in [4.78, 5) is 13.7. The van der Waals surface area contributed by atoms with Gasteiger partial charge in [-0.25, -0.2) is 0 Å². The maximum Gasteiger partial charge on any atom is 0.230 e. The fourth-order valence-corrected chi connectivity index (χ4v) is 4.80. The van der Waals surface area contributed by atoms with E-state index in [0.29, 0.717) is 0 Å². The van der Waals surface area contributed by atoms with Gasteiger partial charge in [0.25, 0.3) is 0 Å². The minimum atomic E-state index is -0.756. The summed E-state index contributed by atoms with van der Waals surface area (Å²) in [6.45, 7) is 12.6. The van der Waals surface area contributed by atoms with Gasteiger partial charge in [-0.3, -0.25) is 4.79 Å². The highest BCUT2D eigenvalue weighted by molar-refractivity contribution is 8.14. The highest BCUT2D eigenvalue weighted by Gasteiger charge is 2.73. The summed E-state index contributed by atoms with van der Waals surface area (Å²) in [6, 6.07) is 4.24. The molecule has 102 valence electrons. The zero-order valence-electron chi connectivity index (χ0n) is 12.4. The van der Waals surface area contributed by atoms with Crippen LogP contribution in [0.1, 0.15) is 44.4 Å². The van der Waals surface area contributed by atoms with Crippen molar-refractivity contribution in [2.45, 2.75) is 57.6 Å². The molecule has 2 nitrogen and oxygen atoms in total. The molecule has 0 aromatic heterocycles. The van der Waals surface area contributed by atoms with Crippen molar-refractivity contribution in [2.24, 2.45) is 5.41 Å². The van der Waals surface area contributed by atoms with E-state index in [2.05, 4.69) is 53.7 Å². The first kappa shape index (κ1) is 13.2. The second kappa shape index (κ2) is 3.44. The largest absolute Gasteiger partial charge is 0.354 e. The van der Waals surface area contributed by atoms with Gasteiger partial charge in [0.15, 0.2) is 5.60 Å². The number of hydrogen-bond acceptors (Lipinski definition) is 3. The molecule has 2 aliphatic heterocycles. The van der Waals surface area contributed by atoms with E-state index in [1.807, 2.05) is 0 Å². The predicted octanol–water partition coefficient (Wildman–Crippen LogP) is 3.97. The third-order valence-electron chi connectivity index (χ3n) is 5.08. The summed E-state index contributed by atoms with van der Waals surface area (Å²) in [5, 5.41) is 0.139. The van der Waals surface area contributed by atoms with Crippen LogP contribution in [0.2, 0.25) is 0 Å². The van der Waals surface area contributed by atoms with Gasteiger partial charge in [-0.2, -0.15) is 0 Å². The first-order valence-corrected chi connectivity index (χ1v) is 7.49. The van der Waals surface area contributed by atoms with Crippen molar-refractivity contribution < 1.29 is 9.53 Å². The van der Waals surface area contributed by atoms with Crippen molar-refractivity contribution in [3.63, 3.8) is 0 Å². The number of aryl methyl sites for hydroxylation is 2. The van der Waals surface area contributed by atoms with Gasteiger partial charge in [-0.15, -0.1) is 0 Å². The van der Waals surface area contributed by atoms with E-state index in [9.17, 15) is 4.79 Å². The Hall–Kier alpha value is -0.800. The zero-order chi connectivity index (χ0) is 14.2. The number of thioether (sulfide) groups is 1. The molecular weight excluding hydrogens is 256 g/mol. The molecule has 1 spiro atoms. The monoisotopic (exact) mass is 276 g/mol. The van der Waals surface area contributed by atoms with Crippen molar-refractivity contribution in [3.05, 3.63) is 28.8 Å². The van der Waals surface area contributed by atoms with Crippen molar-refractivity contribution in [1.29, 1.82) is 0 Å². The molecule has 1 atom stereocenters. The predicted molar refractivity (Wildman–Crippen MR) is 77.4 cm³/mol. The number of fused-ring (bicyclic) bond motifs is 2. The van der Waals surface area contributed by atoms with Gasteiger partial charge >= 0.3 is 0 Å². The smallest absolute Gasteiger partial charge is 0.230 e. The van der Waals surface area contributed by atoms with E-state index in [1.54, 1.807) is 0 Å². The molecule has 1 fully saturated rings. The van der Waals surface area contributed by atoms with Crippen LogP contribution >= 0.6 is 11.8 Å². The van der Waals surface area contributed by atoms with Crippen LogP contribution in [0.25, 0.3) is 0 Å². The first-order valence-electron chi connectivity index (χ1n) is 6.68. The Bertz CT molecular complexity index is 601. The van der Waals surface area contributed by atoms with E-state index >= 15 is 0 Å². The van der Waals surface area contributed by atoms with Crippen molar-refractivity contribution in [2.75, 3.05) is 0 Å². The Morgan fingerprint density at radius 2 is 1.74 bits per heavy atom. The molecular formula is C16H20O2S. The van der Waals surface area contributed by atoms with E-state index in [0.717, 1.165) is 16.0 Å². The molecule has 1 unspecified atom stereocenters. The molecule has 0 saturated carbocycles. The number of hydrogen-bond donors (Lipinski definition) is 0. The van der Waals surface area contributed by atoms with Crippen LogP contribution in [0.15, 0.2) is 17.0 Å². The first-order chi connectivity index (χ1) is 8.63. The van der Waals surface area contributed by atoms with E-state index in [4.69, 9.17) is 4.74 Å². The Morgan fingerprint density at radius 3 is 2.26 bits per heavy atom. The molecule has 1 aromatic rings. The van der Waals surface area contributed by atoms with Crippen LogP contribution in [0.5, 0.6) is 0 Å². The van der Waals surface area contributed by atoms with Gasteiger partial charge in [-0.1, -0.05) is 19.9 Å². The number of ether oxygens (including phenoxy) is 1. The van der Waals surface area contributed by atoms with E-state index < -0.39 is 5.60 Å². The molecule has 0 N–H and O–H groups in total. The number of benzene rings is 1. The van der Waals surface area contributed by atoms with Crippen molar-refractivity contribution in [1.82, 2.24) is 0 Å². The second-order valence-corrected chi connectivity index (χ2v) is 7.78. The van der Waals surface area contributed by atoms with Gasteiger partial charge in [0.05, 0.1) is 5.60 Å². The summed E-state index contributed by atoms with van der Waals surface area (Å²) < 4.78 is 6.18. The molecule has 0 amide bonds. The highest BCUT2D eigenvalue weighted by Crippen LogP contribution is 2.68. The molecule has 1 saturated heterocycles. The molecule has 2 heterocycles. The third-order valence-corrected chi connectivity index (χ3v) is 6.09. The topological polar surface area (TPSA) is 26.3 Å². The lowest BCUT2D eigenvalue weighted by Gasteiger charge is -2.64. The summed E-state index contributed by atoms with van der Waals surface area (Å²) in [6.07, 6.45) is 0. The number of carbonyl (C=O) groups excluding carboxylic acids is 1. The summed E-state index contributed by atoms with van der Waals surface area (Å²) >= 11 is 1.34. The van der Waals surface area contributed by atoms with Gasteiger partial charge < -0.3 is 4.74 Å². The van der Waals surface area contributed by atoms with Crippen molar-refractivity contribution >= 4 is 16.9 Å². The maximum absolute atomic E-state index is 12.6. The second-order valence-electron chi connectivity index (χ2n) is 6.76. The average molecular weight is 276 g/mol. The minimum absolute atomic E-state index is 0.139. The fraction of sp³-hybridized carbons (Fsp3) is 0.562. The number of carbonyl (C=O) groups is 1. The van der Waals surface area contributed by atoms with Crippen LogP contribution in [0, 0.1) is 19.3 Å². The molecule has 0 bridgehead atoms. The molecule has 19 heavy (non-hydrogen) atoms.